The average molecular weight is 373 g/mol. The van der Waals surface area contributed by atoms with Crippen LogP contribution in [0.5, 0.6) is 0 Å². The molecule has 2 N–H and O–H groups in total. The van der Waals surface area contributed by atoms with Crippen LogP contribution in [0.3, 0.4) is 0 Å². The molecule has 2 aromatic heterocycles. The lowest BCUT2D eigenvalue weighted by molar-refractivity contribution is 0.595. The molecule has 2 aromatic rings. The van der Waals surface area contributed by atoms with E-state index in [4.69, 9.17) is 9.97 Å². The zero-order valence-corrected chi connectivity index (χ0v) is 15.4. The van der Waals surface area contributed by atoms with E-state index in [2.05, 4.69) is 15.6 Å². The Morgan fingerprint density at radius 2 is 1.96 bits per heavy atom. The van der Waals surface area contributed by atoms with E-state index >= 15 is 0 Å². The molecule has 1 fully saturated rings. The summed E-state index contributed by atoms with van der Waals surface area (Å²) in [6.45, 7) is 2.43. The quantitative estimate of drug-likeness (QED) is 0.827. The third kappa shape index (κ3) is 3.86. The molecule has 26 heavy (non-hydrogen) atoms. The zero-order valence-electron chi connectivity index (χ0n) is 14.6. The first-order chi connectivity index (χ1) is 12.6. The second kappa shape index (κ2) is 7.28. The van der Waals surface area contributed by atoms with E-state index in [0.717, 1.165) is 55.0 Å². The van der Waals surface area contributed by atoms with Gasteiger partial charge in [0.05, 0.1) is 17.2 Å². The number of anilines is 1. The van der Waals surface area contributed by atoms with Gasteiger partial charge in [0.2, 0.25) is 0 Å². The molecule has 1 unspecified atom stereocenters. The van der Waals surface area contributed by atoms with Gasteiger partial charge in [-0.2, -0.15) is 0 Å². The molecule has 1 atom stereocenters. The van der Waals surface area contributed by atoms with Gasteiger partial charge in [0.1, 0.15) is 5.82 Å². The molecule has 1 saturated heterocycles. The second-order valence-electron chi connectivity index (χ2n) is 6.96. The summed E-state index contributed by atoms with van der Waals surface area (Å²) in [4.78, 5) is 13.6. The maximum absolute atomic E-state index is 11.7. The van der Waals surface area contributed by atoms with Crippen LogP contribution in [0, 0.1) is 5.92 Å². The fourth-order valence-corrected chi connectivity index (χ4v) is 5.46. The van der Waals surface area contributed by atoms with E-state index in [1.807, 2.05) is 12.1 Å². The molecule has 138 valence electrons. The van der Waals surface area contributed by atoms with Crippen LogP contribution < -0.4 is 10.6 Å². The summed E-state index contributed by atoms with van der Waals surface area (Å²) >= 11 is 0. The molecule has 0 amide bonds. The summed E-state index contributed by atoms with van der Waals surface area (Å²) in [5.74, 6) is 2.25. The van der Waals surface area contributed by atoms with E-state index in [9.17, 15) is 8.42 Å². The highest BCUT2D eigenvalue weighted by Gasteiger charge is 2.28. The van der Waals surface area contributed by atoms with E-state index in [0.29, 0.717) is 18.1 Å². The maximum Gasteiger partial charge on any atom is 0.161 e. The fourth-order valence-electron chi connectivity index (χ4n) is 3.60. The minimum absolute atomic E-state index is 0.152. The Bertz CT molecular complexity index is 886. The standard InChI is InChI=1S/C18H23N5O2S/c24-26(25)10-5-13(12-26)11-21-18-15-3-8-20-9-4-16(15)22-17(23-18)14-1-6-19-7-2-14/h1-2,6-7,13,20H,3-5,8-12H2,(H,21,22,23). The van der Waals surface area contributed by atoms with Crippen LogP contribution in [0.15, 0.2) is 24.5 Å². The Morgan fingerprint density at radius 1 is 1.15 bits per heavy atom. The van der Waals surface area contributed by atoms with Crippen LogP contribution in [0.4, 0.5) is 5.82 Å². The second-order valence-corrected chi connectivity index (χ2v) is 9.19. The van der Waals surface area contributed by atoms with Gasteiger partial charge in [0.25, 0.3) is 0 Å². The van der Waals surface area contributed by atoms with Crippen molar-refractivity contribution in [3.8, 4) is 11.4 Å². The summed E-state index contributed by atoms with van der Waals surface area (Å²) in [6.07, 6.45) is 5.94. The van der Waals surface area contributed by atoms with E-state index in [-0.39, 0.29) is 11.7 Å². The Morgan fingerprint density at radius 3 is 2.73 bits per heavy atom. The number of aromatic nitrogens is 3. The molecular weight excluding hydrogens is 350 g/mol. The van der Waals surface area contributed by atoms with Crippen molar-refractivity contribution in [3.05, 3.63) is 35.8 Å². The maximum atomic E-state index is 11.7. The largest absolute Gasteiger partial charge is 0.369 e. The number of hydrogen-bond acceptors (Lipinski definition) is 7. The monoisotopic (exact) mass is 373 g/mol. The van der Waals surface area contributed by atoms with Crippen LogP contribution in [-0.2, 0) is 22.7 Å². The van der Waals surface area contributed by atoms with Crippen LogP contribution >= 0.6 is 0 Å². The van der Waals surface area contributed by atoms with Crippen LogP contribution in [0.1, 0.15) is 17.7 Å². The molecule has 2 aliphatic heterocycles. The summed E-state index contributed by atoms with van der Waals surface area (Å²) in [7, 11) is -2.86. The smallest absolute Gasteiger partial charge is 0.161 e. The highest BCUT2D eigenvalue weighted by molar-refractivity contribution is 7.91. The lowest BCUT2D eigenvalue weighted by Crippen LogP contribution is -2.19. The molecule has 7 nitrogen and oxygen atoms in total. The SMILES string of the molecule is O=S1(=O)CCC(CNc2nc(-c3ccncc3)nc3c2CCNCC3)C1. The number of nitrogens with zero attached hydrogens (tertiary/aromatic N) is 3. The lowest BCUT2D eigenvalue weighted by Gasteiger charge is -2.16. The Hall–Kier alpha value is -2.06. The normalized spacial score (nSPS) is 21.8. The van der Waals surface area contributed by atoms with Gasteiger partial charge in [0, 0.05) is 43.0 Å². The van der Waals surface area contributed by atoms with Crippen molar-refractivity contribution < 1.29 is 8.42 Å². The summed E-state index contributed by atoms with van der Waals surface area (Å²) < 4.78 is 23.4. The van der Waals surface area contributed by atoms with E-state index in [1.165, 1.54) is 0 Å². The topological polar surface area (TPSA) is 96.9 Å². The van der Waals surface area contributed by atoms with E-state index < -0.39 is 9.84 Å². The van der Waals surface area contributed by atoms with Crippen molar-refractivity contribution in [1.82, 2.24) is 20.3 Å². The molecule has 0 spiro atoms. The van der Waals surface area contributed by atoms with Crippen LogP contribution in [0.25, 0.3) is 11.4 Å². The summed E-state index contributed by atoms with van der Waals surface area (Å²) in [6, 6.07) is 3.81. The Balaban J connectivity index is 1.63. The van der Waals surface area contributed by atoms with Crippen molar-refractivity contribution in [1.29, 1.82) is 0 Å². The van der Waals surface area contributed by atoms with Gasteiger partial charge in [-0.3, -0.25) is 4.98 Å². The number of rotatable bonds is 4. The van der Waals surface area contributed by atoms with Crippen molar-refractivity contribution in [2.75, 3.05) is 36.5 Å². The molecule has 0 radical (unpaired) electrons. The third-order valence-electron chi connectivity index (χ3n) is 5.01. The van der Waals surface area contributed by atoms with Gasteiger partial charge in [-0.15, -0.1) is 0 Å². The molecule has 0 saturated carbocycles. The molecule has 8 heteroatoms. The van der Waals surface area contributed by atoms with Crippen molar-refractivity contribution in [2.45, 2.75) is 19.3 Å². The molecule has 4 rings (SSSR count). The molecule has 0 bridgehead atoms. The predicted octanol–water partition coefficient (Wildman–Crippen LogP) is 1.07. The predicted molar refractivity (Wildman–Crippen MR) is 101 cm³/mol. The number of fused-ring (bicyclic) bond motifs is 1. The van der Waals surface area contributed by atoms with Crippen molar-refractivity contribution in [2.24, 2.45) is 5.92 Å². The van der Waals surface area contributed by atoms with Crippen LogP contribution in [-0.4, -0.2) is 54.5 Å². The number of hydrogen-bond donors (Lipinski definition) is 2. The van der Waals surface area contributed by atoms with Gasteiger partial charge in [-0.05, 0) is 37.4 Å². The number of sulfone groups is 1. The first-order valence-corrected chi connectivity index (χ1v) is 10.9. The first-order valence-electron chi connectivity index (χ1n) is 9.06. The highest BCUT2D eigenvalue weighted by Crippen LogP contribution is 2.25. The molecule has 0 aromatic carbocycles. The van der Waals surface area contributed by atoms with Gasteiger partial charge < -0.3 is 10.6 Å². The lowest BCUT2D eigenvalue weighted by atomic mass is 10.1. The minimum Gasteiger partial charge on any atom is -0.369 e. The number of pyridine rings is 1. The fraction of sp³-hybridized carbons (Fsp3) is 0.500. The van der Waals surface area contributed by atoms with Gasteiger partial charge in [0.15, 0.2) is 15.7 Å². The highest BCUT2D eigenvalue weighted by atomic mass is 32.2. The number of nitrogens with one attached hydrogen (secondary N) is 2. The molecule has 2 aliphatic rings. The Kier molecular flexibility index (Phi) is 4.86. The van der Waals surface area contributed by atoms with Crippen molar-refractivity contribution >= 4 is 15.7 Å². The molecule has 4 heterocycles. The first kappa shape index (κ1) is 17.4. The van der Waals surface area contributed by atoms with Crippen LogP contribution in [0.2, 0.25) is 0 Å². The zero-order chi connectivity index (χ0) is 18.0. The van der Waals surface area contributed by atoms with Gasteiger partial charge in [-0.1, -0.05) is 0 Å². The Labute approximate surface area is 153 Å². The van der Waals surface area contributed by atoms with E-state index in [1.54, 1.807) is 12.4 Å². The molecular formula is C18H23N5O2S. The third-order valence-corrected chi connectivity index (χ3v) is 6.84. The van der Waals surface area contributed by atoms with Gasteiger partial charge in [-0.25, -0.2) is 18.4 Å². The minimum atomic E-state index is -2.86. The van der Waals surface area contributed by atoms with Crippen molar-refractivity contribution in [3.63, 3.8) is 0 Å². The average Bonchev–Trinajstić information content (AvgIpc) is 2.84. The summed E-state index contributed by atoms with van der Waals surface area (Å²) in [5, 5.41) is 6.84. The molecule has 0 aliphatic carbocycles. The summed E-state index contributed by atoms with van der Waals surface area (Å²) in [5.41, 5.74) is 3.15. The van der Waals surface area contributed by atoms with Gasteiger partial charge >= 0.3 is 0 Å².